The summed E-state index contributed by atoms with van der Waals surface area (Å²) < 4.78 is 5.24. The fraction of sp³-hybridized carbons (Fsp3) is 0.846. The molecule has 0 aromatic heterocycles. The molecule has 0 radical (unpaired) electrons. The highest BCUT2D eigenvalue weighted by atomic mass is 16.5. The van der Waals surface area contributed by atoms with Crippen LogP contribution in [0.3, 0.4) is 0 Å². The van der Waals surface area contributed by atoms with Gasteiger partial charge in [-0.05, 0) is 31.6 Å². The van der Waals surface area contributed by atoms with E-state index in [-0.39, 0.29) is 11.9 Å². The van der Waals surface area contributed by atoms with Gasteiger partial charge in [-0.15, -0.1) is 0 Å². The van der Waals surface area contributed by atoms with E-state index < -0.39 is 18.2 Å². The molecule has 18 heavy (non-hydrogen) atoms. The molecule has 102 valence electrons. The lowest BCUT2D eigenvalue weighted by Crippen LogP contribution is -2.43. The number of carbonyl (C=O) groups excluding carboxylic acids is 1. The van der Waals surface area contributed by atoms with E-state index in [4.69, 9.17) is 9.84 Å². The number of hydrogen-bond donors (Lipinski definition) is 2. The summed E-state index contributed by atoms with van der Waals surface area (Å²) in [7, 11) is 0. The van der Waals surface area contributed by atoms with Gasteiger partial charge in [0.05, 0.1) is 0 Å². The summed E-state index contributed by atoms with van der Waals surface area (Å²) in [6.07, 6.45) is 3.95. The first-order chi connectivity index (χ1) is 8.56. The second kappa shape index (κ2) is 5.69. The SMILES string of the molecule is CC1CCCC(NC(=O)[C@@H]2CC[C@H](C(=O)O)O2)C1. The number of carboxylic acid groups (broad SMARTS) is 1. The molecule has 0 bridgehead atoms. The highest BCUT2D eigenvalue weighted by molar-refractivity contribution is 5.82. The smallest absolute Gasteiger partial charge is 0.332 e. The van der Waals surface area contributed by atoms with E-state index in [1.807, 2.05) is 0 Å². The largest absolute Gasteiger partial charge is 0.479 e. The van der Waals surface area contributed by atoms with E-state index in [0.717, 1.165) is 19.3 Å². The Morgan fingerprint density at radius 3 is 2.50 bits per heavy atom. The summed E-state index contributed by atoms with van der Waals surface area (Å²) in [5.74, 6) is -0.463. The average Bonchev–Trinajstić information content (AvgIpc) is 2.78. The van der Waals surface area contributed by atoms with E-state index in [1.54, 1.807) is 0 Å². The Balaban J connectivity index is 1.80. The van der Waals surface area contributed by atoms with Crippen molar-refractivity contribution in [3.05, 3.63) is 0 Å². The maximum atomic E-state index is 12.0. The van der Waals surface area contributed by atoms with Crippen molar-refractivity contribution in [2.45, 2.75) is 63.7 Å². The standard InChI is InChI=1S/C13H21NO4/c1-8-3-2-4-9(7-8)14-12(15)10-5-6-11(18-10)13(16)17/h8-11H,2-7H2,1H3,(H,14,15)(H,16,17)/t8?,9?,10-,11+/m0/s1. The van der Waals surface area contributed by atoms with Crippen LogP contribution in [0.2, 0.25) is 0 Å². The van der Waals surface area contributed by atoms with E-state index in [0.29, 0.717) is 18.8 Å². The van der Waals surface area contributed by atoms with Crippen LogP contribution >= 0.6 is 0 Å². The van der Waals surface area contributed by atoms with Gasteiger partial charge < -0.3 is 15.2 Å². The molecule has 0 aromatic carbocycles. The van der Waals surface area contributed by atoms with Crippen LogP contribution in [-0.4, -0.2) is 35.2 Å². The molecule has 1 amide bonds. The van der Waals surface area contributed by atoms with Gasteiger partial charge in [0.1, 0.15) is 6.10 Å². The summed E-state index contributed by atoms with van der Waals surface area (Å²) in [4.78, 5) is 22.7. The van der Waals surface area contributed by atoms with Gasteiger partial charge in [-0.25, -0.2) is 4.79 Å². The molecule has 2 N–H and O–H groups in total. The molecule has 5 nitrogen and oxygen atoms in total. The molecule has 0 spiro atoms. The van der Waals surface area contributed by atoms with Crippen LogP contribution in [0.5, 0.6) is 0 Å². The number of rotatable bonds is 3. The lowest BCUT2D eigenvalue weighted by Gasteiger charge is -2.28. The Bertz CT molecular complexity index is 331. The molecule has 2 rings (SSSR count). The predicted molar refractivity (Wildman–Crippen MR) is 65.1 cm³/mol. The van der Waals surface area contributed by atoms with Crippen molar-refractivity contribution < 1.29 is 19.4 Å². The molecular formula is C13H21NO4. The first kappa shape index (κ1) is 13.3. The van der Waals surface area contributed by atoms with Crippen LogP contribution in [0.25, 0.3) is 0 Å². The monoisotopic (exact) mass is 255 g/mol. The maximum Gasteiger partial charge on any atom is 0.332 e. The van der Waals surface area contributed by atoms with Crippen LogP contribution in [-0.2, 0) is 14.3 Å². The molecule has 1 saturated carbocycles. The molecule has 1 aliphatic carbocycles. The zero-order valence-electron chi connectivity index (χ0n) is 10.7. The summed E-state index contributed by atoms with van der Waals surface area (Å²) in [6, 6.07) is 0.230. The van der Waals surface area contributed by atoms with Gasteiger partial charge in [-0.3, -0.25) is 4.79 Å². The van der Waals surface area contributed by atoms with Gasteiger partial charge in [0.15, 0.2) is 6.10 Å². The number of hydrogen-bond acceptors (Lipinski definition) is 3. The summed E-state index contributed by atoms with van der Waals surface area (Å²) in [5, 5.41) is 11.8. The third kappa shape index (κ3) is 3.22. The Kier molecular flexibility index (Phi) is 4.22. The lowest BCUT2D eigenvalue weighted by molar-refractivity contribution is -0.152. The fourth-order valence-electron chi connectivity index (χ4n) is 2.87. The Morgan fingerprint density at radius 2 is 1.89 bits per heavy atom. The van der Waals surface area contributed by atoms with E-state index in [2.05, 4.69) is 12.2 Å². The number of carbonyl (C=O) groups is 2. The van der Waals surface area contributed by atoms with Crippen molar-refractivity contribution in [3.8, 4) is 0 Å². The van der Waals surface area contributed by atoms with Crippen molar-refractivity contribution in [1.29, 1.82) is 0 Å². The number of amides is 1. The summed E-state index contributed by atoms with van der Waals surface area (Å²) in [5.41, 5.74) is 0. The van der Waals surface area contributed by atoms with Gasteiger partial charge in [-0.2, -0.15) is 0 Å². The van der Waals surface area contributed by atoms with Gasteiger partial charge in [0, 0.05) is 6.04 Å². The summed E-state index contributed by atoms with van der Waals surface area (Å²) in [6.45, 7) is 2.20. The first-order valence-corrected chi connectivity index (χ1v) is 6.75. The number of carboxylic acids is 1. The van der Waals surface area contributed by atoms with Gasteiger partial charge >= 0.3 is 5.97 Å². The lowest BCUT2D eigenvalue weighted by atomic mass is 9.87. The summed E-state index contributed by atoms with van der Waals surface area (Å²) >= 11 is 0. The second-order valence-corrected chi connectivity index (χ2v) is 5.51. The van der Waals surface area contributed by atoms with Gasteiger partial charge in [0.25, 0.3) is 0 Å². The minimum Gasteiger partial charge on any atom is -0.479 e. The zero-order chi connectivity index (χ0) is 13.1. The fourth-order valence-corrected chi connectivity index (χ4v) is 2.87. The quantitative estimate of drug-likeness (QED) is 0.797. The average molecular weight is 255 g/mol. The molecule has 1 saturated heterocycles. The van der Waals surface area contributed by atoms with Crippen LogP contribution in [0.4, 0.5) is 0 Å². The van der Waals surface area contributed by atoms with E-state index >= 15 is 0 Å². The number of nitrogens with one attached hydrogen (secondary N) is 1. The highest BCUT2D eigenvalue weighted by Crippen LogP contribution is 2.25. The molecular weight excluding hydrogens is 234 g/mol. The Morgan fingerprint density at radius 1 is 1.17 bits per heavy atom. The minimum absolute atomic E-state index is 0.141. The van der Waals surface area contributed by atoms with Gasteiger partial charge in [0.2, 0.25) is 5.91 Å². The number of aliphatic carboxylic acids is 1. The highest BCUT2D eigenvalue weighted by Gasteiger charge is 2.35. The van der Waals surface area contributed by atoms with Gasteiger partial charge in [-0.1, -0.05) is 19.8 Å². The molecule has 2 fully saturated rings. The Labute approximate surface area is 107 Å². The van der Waals surface area contributed by atoms with Crippen LogP contribution < -0.4 is 5.32 Å². The normalized spacial score (nSPS) is 36.3. The second-order valence-electron chi connectivity index (χ2n) is 5.51. The zero-order valence-corrected chi connectivity index (χ0v) is 10.7. The number of ether oxygens (including phenoxy) is 1. The predicted octanol–water partition coefficient (Wildman–Crippen LogP) is 1.31. The van der Waals surface area contributed by atoms with Crippen LogP contribution in [0, 0.1) is 5.92 Å². The first-order valence-electron chi connectivity index (χ1n) is 6.75. The third-order valence-electron chi connectivity index (χ3n) is 3.87. The van der Waals surface area contributed by atoms with E-state index in [9.17, 15) is 9.59 Å². The maximum absolute atomic E-state index is 12.0. The molecule has 4 atom stereocenters. The molecule has 2 aliphatic rings. The molecule has 1 aliphatic heterocycles. The van der Waals surface area contributed by atoms with Crippen molar-refractivity contribution in [2.75, 3.05) is 0 Å². The third-order valence-corrected chi connectivity index (χ3v) is 3.87. The molecule has 5 heteroatoms. The topological polar surface area (TPSA) is 75.6 Å². The van der Waals surface area contributed by atoms with Crippen molar-refractivity contribution >= 4 is 11.9 Å². The van der Waals surface area contributed by atoms with Crippen molar-refractivity contribution in [3.63, 3.8) is 0 Å². The van der Waals surface area contributed by atoms with Crippen molar-refractivity contribution in [1.82, 2.24) is 5.32 Å². The molecule has 2 unspecified atom stereocenters. The van der Waals surface area contributed by atoms with Crippen LogP contribution in [0.1, 0.15) is 45.4 Å². The Hall–Kier alpha value is -1.10. The van der Waals surface area contributed by atoms with Crippen LogP contribution in [0.15, 0.2) is 0 Å². The van der Waals surface area contributed by atoms with Crippen molar-refractivity contribution in [2.24, 2.45) is 5.92 Å². The van der Waals surface area contributed by atoms with E-state index in [1.165, 1.54) is 6.42 Å². The minimum atomic E-state index is -0.975. The molecule has 0 aromatic rings. The molecule has 1 heterocycles.